The molecule has 0 unspecified atom stereocenters. The number of hydrogen-bond acceptors (Lipinski definition) is 8. The minimum absolute atomic E-state index is 0.145. The summed E-state index contributed by atoms with van der Waals surface area (Å²) in [4.78, 5) is 39.2. The molecule has 1 aromatic carbocycles. The van der Waals surface area contributed by atoms with E-state index in [0.29, 0.717) is 28.8 Å². The normalized spacial score (nSPS) is 15.6. The first-order valence-corrected chi connectivity index (χ1v) is 12.7. The van der Waals surface area contributed by atoms with Crippen molar-refractivity contribution in [3.05, 3.63) is 76.0 Å². The molecule has 1 fully saturated rings. The molecular formula is C27H33N9O2. The van der Waals surface area contributed by atoms with Crippen molar-refractivity contribution in [3.63, 3.8) is 0 Å². The van der Waals surface area contributed by atoms with Crippen molar-refractivity contribution in [1.82, 2.24) is 34.0 Å². The number of aromatic nitrogens is 6. The van der Waals surface area contributed by atoms with E-state index >= 15 is 0 Å². The van der Waals surface area contributed by atoms with Crippen LogP contribution in [0.3, 0.4) is 0 Å². The Morgan fingerprint density at radius 3 is 2.58 bits per heavy atom. The average molecular weight is 516 g/mol. The van der Waals surface area contributed by atoms with Crippen LogP contribution in [-0.4, -0.2) is 67.2 Å². The van der Waals surface area contributed by atoms with Crippen molar-refractivity contribution in [2.75, 3.05) is 37.4 Å². The smallest absolute Gasteiger partial charge is 0.278 e. The van der Waals surface area contributed by atoms with Crippen LogP contribution < -0.4 is 21.3 Å². The third-order valence-electron chi connectivity index (χ3n) is 6.88. The molecule has 0 radical (unpaired) electrons. The van der Waals surface area contributed by atoms with Crippen LogP contribution in [0.2, 0.25) is 0 Å². The second-order valence-corrected chi connectivity index (χ2v) is 10.0. The molecule has 11 heteroatoms. The van der Waals surface area contributed by atoms with E-state index in [1.165, 1.54) is 27.3 Å². The van der Waals surface area contributed by atoms with Gasteiger partial charge in [-0.1, -0.05) is 6.08 Å². The molecule has 1 saturated heterocycles. The summed E-state index contributed by atoms with van der Waals surface area (Å²) in [5.41, 5.74) is 1.92. The second kappa shape index (κ2) is 10.3. The van der Waals surface area contributed by atoms with Crippen molar-refractivity contribution in [3.8, 4) is 5.82 Å². The summed E-state index contributed by atoms with van der Waals surface area (Å²) in [6.07, 6.45) is 4.30. The van der Waals surface area contributed by atoms with Crippen molar-refractivity contribution >= 4 is 28.4 Å². The fraction of sp³-hybridized carbons (Fsp3) is 0.370. The zero-order valence-corrected chi connectivity index (χ0v) is 22.2. The van der Waals surface area contributed by atoms with Gasteiger partial charge in [-0.05, 0) is 64.7 Å². The van der Waals surface area contributed by atoms with Crippen LogP contribution >= 0.6 is 0 Å². The summed E-state index contributed by atoms with van der Waals surface area (Å²) >= 11 is 0. The number of nitrogens with zero attached hydrogens (tertiary/aromatic N) is 8. The van der Waals surface area contributed by atoms with Crippen LogP contribution in [0, 0.1) is 0 Å². The Balaban J connectivity index is 1.49. The van der Waals surface area contributed by atoms with E-state index in [1.54, 1.807) is 16.8 Å². The van der Waals surface area contributed by atoms with Gasteiger partial charge in [0.2, 0.25) is 5.95 Å². The largest absolute Gasteiger partial charge is 0.370 e. The van der Waals surface area contributed by atoms with Gasteiger partial charge < -0.3 is 15.1 Å². The number of nitrogens with one attached hydrogen (secondary N) is 1. The van der Waals surface area contributed by atoms with Crippen molar-refractivity contribution in [2.24, 2.45) is 0 Å². The summed E-state index contributed by atoms with van der Waals surface area (Å²) in [5.74, 6) is 0.753. The first-order chi connectivity index (χ1) is 18.3. The SMILES string of the molecule is C=CCn1c(=O)c2cnc(Nc3ccc(N4CC[C@@H](N(C)C)C4)cc3)nc2n1-c1ccc(=O)n(C(C)C)n1. The minimum Gasteiger partial charge on any atom is -0.370 e. The van der Waals surface area contributed by atoms with Crippen molar-refractivity contribution in [2.45, 2.75) is 38.9 Å². The van der Waals surface area contributed by atoms with Gasteiger partial charge in [0.05, 0.1) is 12.6 Å². The standard InChI is InChI=1S/C27H33N9O2/c1-6-14-34-26(38)22-16-28-27(30-25(22)36(34)23-11-12-24(37)35(31-23)18(2)3)29-19-7-9-20(10-8-19)33-15-13-21(17-33)32(4)5/h6-12,16,18,21H,1,13-15,17H2,2-5H3,(H,28,29,30)/t21-/m1/s1. The number of anilines is 3. The molecular weight excluding hydrogens is 482 g/mol. The molecule has 3 aromatic heterocycles. The first-order valence-electron chi connectivity index (χ1n) is 12.7. The lowest BCUT2D eigenvalue weighted by Gasteiger charge is -2.22. The summed E-state index contributed by atoms with van der Waals surface area (Å²) < 4.78 is 4.48. The highest BCUT2D eigenvalue weighted by molar-refractivity contribution is 5.77. The number of hydrogen-bond donors (Lipinski definition) is 1. The van der Waals surface area contributed by atoms with Gasteiger partial charge in [-0.15, -0.1) is 11.7 Å². The fourth-order valence-electron chi connectivity index (χ4n) is 4.79. The van der Waals surface area contributed by atoms with E-state index in [2.05, 4.69) is 63.0 Å². The third kappa shape index (κ3) is 4.72. The van der Waals surface area contributed by atoms with Gasteiger partial charge >= 0.3 is 0 Å². The van der Waals surface area contributed by atoms with Crippen LogP contribution in [-0.2, 0) is 6.54 Å². The van der Waals surface area contributed by atoms with Gasteiger partial charge in [0.1, 0.15) is 5.39 Å². The fourth-order valence-corrected chi connectivity index (χ4v) is 4.79. The maximum absolute atomic E-state index is 13.2. The molecule has 0 saturated carbocycles. The maximum Gasteiger partial charge on any atom is 0.278 e. The predicted octanol–water partition coefficient (Wildman–Crippen LogP) is 2.79. The highest BCUT2D eigenvalue weighted by atomic mass is 16.1. The Morgan fingerprint density at radius 1 is 1.16 bits per heavy atom. The molecule has 198 valence electrons. The minimum atomic E-state index is -0.262. The van der Waals surface area contributed by atoms with E-state index in [9.17, 15) is 9.59 Å². The van der Waals surface area contributed by atoms with Crippen LogP contribution in [0.25, 0.3) is 16.9 Å². The van der Waals surface area contributed by atoms with Crippen molar-refractivity contribution in [1.29, 1.82) is 0 Å². The van der Waals surface area contributed by atoms with E-state index in [-0.39, 0.29) is 23.7 Å². The van der Waals surface area contributed by atoms with Gasteiger partial charge in [0, 0.05) is 42.8 Å². The molecule has 1 aliphatic heterocycles. The zero-order chi connectivity index (χ0) is 27.0. The van der Waals surface area contributed by atoms with Crippen LogP contribution in [0.15, 0.2) is 64.8 Å². The molecule has 5 rings (SSSR count). The van der Waals surface area contributed by atoms with Crippen LogP contribution in [0.1, 0.15) is 26.3 Å². The molecule has 4 heterocycles. The number of allylic oxidation sites excluding steroid dienone is 1. The van der Waals surface area contributed by atoms with Crippen LogP contribution in [0.4, 0.5) is 17.3 Å². The highest BCUT2D eigenvalue weighted by Gasteiger charge is 2.24. The number of rotatable bonds is 8. The van der Waals surface area contributed by atoms with Gasteiger partial charge in [-0.3, -0.25) is 9.59 Å². The van der Waals surface area contributed by atoms with E-state index in [1.807, 2.05) is 26.0 Å². The predicted molar refractivity (Wildman–Crippen MR) is 150 cm³/mol. The number of likely N-dealkylation sites (N-methyl/N-ethyl adjacent to an activating group) is 1. The van der Waals surface area contributed by atoms with Gasteiger partial charge in [0.25, 0.3) is 11.1 Å². The summed E-state index contributed by atoms with van der Waals surface area (Å²) in [6.45, 7) is 9.82. The third-order valence-corrected chi connectivity index (χ3v) is 6.88. The Hall–Kier alpha value is -4.25. The number of fused-ring (bicyclic) bond motifs is 1. The quantitative estimate of drug-likeness (QED) is 0.357. The molecule has 11 nitrogen and oxygen atoms in total. The van der Waals surface area contributed by atoms with Gasteiger partial charge in [-0.25, -0.2) is 19.0 Å². The second-order valence-electron chi connectivity index (χ2n) is 10.0. The molecule has 4 aromatic rings. The summed E-state index contributed by atoms with van der Waals surface area (Å²) in [6, 6.07) is 11.6. The Bertz CT molecular complexity index is 1580. The molecule has 0 spiro atoms. The zero-order valence-electron chi connectivity index (χ0n) is 22.2. The van der Waals surface area contributed by atoms with Gasteiger partial charge in [-0.2, -0.15) is 4.98 Å². The van der Waals surface area contributed by atoms with E-state index in [0.717, 1.165) is 25.2 Å². The average Bonchev–Trinajstić information content (AvgIpc) is 3.49. The number of benzene rings is 1. The van der Waals surface area contributed by atoms with Crippen molar-refractivity contribution < 1.29 is 0 Å². The Labute approximate surface area is 220 Å². The molecule has 1 atom stereocenters. The Kier molecular flexibility index (Phi) is 6.85. The summed E-state index contributed by atoms with van der Waals surface area (Å²) in [7, 11) is 4.25. The Morgan fingerprint density at radius 2 is 1.92 bits per heavy atom. The molecule has 38 heavy (non-hydrogen) atoms. The topological polar surface area (TPSA) is 106 Å². The monoisotopic (exact) mass is 515 g/mol. The molecule has 0 amide bonds. The summed E-state index contributed by atoms with van der Waals surface area (Å²) in [5, 5.41) is 8.11. The maximum atomic E-state index is 13.2. The molecule has 0 aliphatic carbocycles. The van der Waals surface area contributed by atoms with E-state index in [4.69, 9.17) is 0 Å². The molecule has 1 N–H and O–H groups in total. The first kappa shape index (κ1) is 25.4. The lowest BCUT2D eigenvalue weighted by Crippen LogP contribution is -2.31. The lowest BCUT2D eigenvalue weighted by molar-refractivity contribution is 0.315. The lowest BCUT2D eigenvalue weighted by atomic mass is 10.2. The van der Waals surface area contributed by atoms with E-state index < -0.39 is 0 Å². The van der Waals surface area contributed by atoms with Crippen LogP contribution in [0.5, 0.6) is 0 Å². The molecule has 0 bridgehead atoms. The van der Waals surface area contributed by atoms with Gasteiger partial charge in [0.15, 0.2) is 11.5 Å². The highest BCUT2D eigenvalue weighted by Crippen LogP contribution is 2.25. The molecule has 1 aliphatic rings.